The summed E-state index contributed by atoms with van der Waals surface area (Å²) in [5.41, 5.74) is 3.74. The molecule has 0 aliphatic heterocycles. The molecular weight excluding hydrogens is 397 g/mol. The summed E-state index contributed by atoms with van der Waals surface area (Å²) in [6, 6.07) is 13.5. The predicted octanol–water partition coefficient (Wildman–Crippen LogP) is 4.54. The van der Waals surface area contributed by atoms with Gasteiger partial charge in [-0.25, -0.2) is 0 Å². The van der Waals surface area contributed by atoms with E-state index in [1.165, 1.54) is 0 Å². The van der Waals surface area contributed by atoms with Crippen LogP contribution in [0.15, 0.2) is 42.5 Å². The van der Waals surface area contributed by atoms with Gasteiger partial charge in [0.1, 0.15) is 0 Å². The fourth-order valence-corrected chi connectivity index (χ4v) is 7.45. The van der Waals surface area contributed by atoms with Crippen molar-refractivity contribution in [1.82, 2.24) is 0 Å². The first kappa shape index (κ1) is 22.3. The molecule has 0 spiro atoms. The summed E-state index contributed by atoms with van der Waals surface area (Å²) in [6.45, 7) is 8.45. The average molecular weight is 429 g/mol. The van der Waals surface area contributed by atoms with Crippen molar-refractivity contribution in [2.24, 2.45) is 0 Å². The molecule has 0 atom stereocenters. The van der Waals surface area contributed by atoms with E-state index in [0.717, 1.165) is 41.0 Å². The summed E-state index contributed by atoms with van der Waals surface area (Å²) < 4.78 is 10.8. The Morgan fingerprint density at radius 1 is 1.07 bits per heavy atom. The Morgan fingerprint density at radius 3 is 2.20 bits per heavy atom. The standard InChI is InChI=1S/C24H32NO4P/c1-17-13-20(28-3)14-18(2)22(17)25-23(27)24(11-12-24)30(4,5)16-21(26)29-15-19-9-7-6-8-10-19/h6-10,13-14,30H,11-12,15-16H2,1-5H3,(H,25,27). The molecule has 2 aromatic carbocycles. The third kappa shape index (κ3) is 4.67. The number of carbonyl (C=O) groups is 2. The average Bonchev–Trinajstić information content (AvgIpc) is 3.52. The quantitative estimate of drug-likeness (QED) is 0.494. The Kier molecular flexibility index (Phi) is 6.52. The molecule has 1 aliphatic rings. The molecule has 3 rings (SSSR count). The Hall–Kier alpha value is -2.39. The zero-order valence-electron chi connectivity index (χ0n) is 18.5. The molecule has 6 heteroatoms. The Labute approximate surface area is 179 Å². The van der Waals surface area contributed by atoms with E-state index in [1.807, 2.05) is 56.3 Å². The van der Waals surface area contributed by atoms with E-state index < -0.39 is 12.4 Å². The van der Waals surface area contributed by atoms with Crippen molar-refractivity contribution in [2.45, 2.75) is 38.5 Å². The number of nitrogens with one attached hydrogen (secondary N) is 1. The second-order valence-corrected chi connectivity index (χ2v) is 14.0. The molecule has 162 valence electrons. The van der Waals surface area contributed by atoms with E-state index in [2.05, 4.69) is 18.6 Å². The first-order valence-electron chi connectivity index (χ1n) is 10.3. The van der Waals surface area contributed by atoms with Crippen molar-refractivity contribution in [2.75, 3.05) is 31.9 Å². The van der Waals surface area contributed by atoms with Crippen molar-refractivity contribution in [1.29, 1.82) is 0 Å². The van der Waals surface area contributed by atoms with Crippen molar-refractivity contribution < 1.29 is 19.1 Å². The number of hydrogen-bond donors (Lipinski definition) is 1. The normalized spacial score (nSPS) is 15.2. The number of anilines is 1. The van der Waals surface area contributed by atoms with Crippen molar-refractivity contribution in [3.8, 4) is 5.75 Å². The molecule has 0 saturated heterocycles. The number of esters is 1. The van der Waals surface area contributed by atoms with Crippen LogP contribution in [-0.2, 0) is 20.9 Å². The third-order valence-electron chi connectivity index (χ3n) is 6.29. The van der Waals surface area contributed by atoms with Gasteiger partial charge in [-0.3, -0.25) is 0 Å². The number of benzene rings is 2. The summed E-state index contributed by atoms with van der Waals surface area (Å²) in [5.74, 6) is 0.595. The fraction of sp³-hybridized carbons (Fsp3) is 0.417. The van der Waals surface area contributed by atoms with Gasteiger partial charge >= 0.3 is 179 Å². The van der Waals surface area contributed by atoms with E-state index in [-0.39, 0.29) is 18.5 Å². The zero-order valence-corrected chi connectivity index (χ0v) is 19.5. The molecule has 1 N–H and O–H groups in total. The topological polar surface area (TPSA) is 64.6 Å². The van der Waals surface area contributed by atoms with Crippen molar-refractivity contribution in [3.63, 3.8) is 0 Å². The van der Waals surface area contributed by atoms with Crippen molar-refractivity contribution >= 4 is 24.8 Å². The molecule has 30 heavy (non-hydrogen) atoms. The molecule has 0 heterocycles. The minimum atomic E-state index is -2.20. The predicted molar refractivity (Wildman–Crippen MR) is 124 cm³/mol. The number of methoxy groups -OCH3 is 1. The number of aryl methyl sites for hydroxylation is 2. The van der Waals surface area contributed by atoms with Crippen LogP contribution in [0, 0.1) is 13.8 Å². The SMILES string of the molecule is COc1cc(C)c(NC(=O)C2([PH](C)(C)CC(=O)OCc3ccccc3)CC2)c(C)c1. The van der Waals surface area contributed by atoms with Crippen LogP contribution in [0.3, 0.4) is 0 Å². The van der Waals surface area contributed by atoms with Crippen LogP contribution in [0.1, 0.15) is 29.5 Å². The monoisotopic (exact) mass is 429 g/mol. The summed E-state index contributed by atoms with van der Waals surface area (Å²) in [7, 11) is -0.566. The van der Waals surface area contributed by atoms with Gasteiger partial charge in [-0.1, -0.05) is 0 Å². The number of hydrogen-bond acceptors (Lipinski definition) is 4. The third-order valence-corrected chi connectivity index (χ3v) is 10.8. The second kappa shape index (κ2) is 8.77. The van der Waals surface area contributed by atoms with Gasteiger partial charge in [-0.2, -0.15) is 0 Å². The summed E-state index contributed by atoms with van der Waals surface area (Å²) >= 11 is 0. The van der Waals surface area contributed by atoms with Crippen LogP contribution in [0.25, 0.3) is 0 Å². The summed E-state index contributed by atoms with van der Waals surface area (Å²) in [6.07, 6.45) is 2.00. The minimum absolute atomic E-state index is 0.0337. The van der Waals surface area contributed by atoms with Crippen LogP contribution >= 0.6 is 7.26 Å². The number of carbonyl (C=O) groups excluding carboxylic acids is 2. The Balaban J connectivity index is 1.66. The van der Waals surface area contributed by atoms with E-state index in [9.17, 15) is 9.59 Å². The second-order valence-electron chi connectivity index (χ2n) is 8.88. The molecule has 0 radical (unpaired) electrons. The van der Waals surface area contributed by atoms with E-state index in [4.69, 9.17) is 9.47 Å². The summed E-state index contributed by atoms with van der Waals surface area (Å²) in [5, 5.41) is 2.74. The maximum atomic E-state index is 13.3. The van der Waals surface area contributed by atoms with E-state index in [0.29, 0.717) is 6.16 Å². The fourth-order valence-electron chi connectivity index (χ4n) is 4.13. The van der Waals surface area contributed by atoms with Gasteiger partial charge in [0.05, 0.1) is 0 Å². The van der Waals surface area contributed by atoms with Crippen LogP contribution in [0.5, 0.6) is 5.75 Å². The van der Waals surface area contributed by atoms with Gasteiger partial charge in [0.2, 0.25) is 0 Å². The van der Waals surface area contributed by atoms with Gasteiger partial charge in [0.25, 0.3) is 0 Å². The number of ether oxygens (including phenoxy) is 2. The van der Waals surface area contributed by atoms with Gasteiger partial charge in [-0.15, -0.1) is 0 Å². The maximum absolute atomic E-state index is 13.3. The summed E-state index contributed by atoms with van der Waals surface area (Å²) in [4.78, 5) is 25.8. The first-order valence-corrected chi connectivity index (χ1v) is 13.6. The van der Waals surface area contributed by atoms with Crippen LogP contribution in [-0.4, -0.2) is 43.6 Å². The van der Waals surface area contributed by atoms with E-state index in [1.54, 1.807) is 7.11 Å². The molecule has 1 fully saturated rings. The molecule has 2 aromatic rings. The van der Waals surface area contributed by atoms with Gasteiger partial charge in [-0.05, 0) is 0 Å². The molecule has 1 aliphatic carbocycles. The Bertz CT molecular complexity index is 912. The molecular formula is C24H32NO4P. The van der Waals surface area contributed by atoms with Crippen LogP contribution in [0.4, 0.5) is 5.69 Å². The zero-order chi connectivity index (χ0) is 21.9. The van der Waals surface area contributed by atoms with Gasteiger partial charge in [0, 0.05) is 0 Å². The van der Waals surface area contributed by atoms with Crippen molar-refractivity contribution in [3.05, 3.63) is 59.2 Å². The molecule has 1 saturated carbocycles. The molecule has 0 unspecified atom stereocenters. The molecule has 1 amide bonds. The Morgan fingerprint density at radius 2 is 1.67 bits per heavy atom. The van der Waals surface area contributed by atoms with Crippen LogP contribution in [0.2, 0.25) is 0 Å². The number of rotatable bonds is 8. The molecule has 0 bridgehead atoms. The first-order chi connectivity index (χ1) is 14.2. The number of amides is 1. The van der Waals surface area contributed by atoms with Gasteiger partial charge < -0.3 is 0 Å². The molecule has 0 aromatic heterocycles. The van der Waals surface area contributed by atoms with Crippen LogP contribution < -0.4 is 10.1 Å². The van der Waals surface area contributed by atoms with E-state index >= 15 is 0 Å². The molecule has 5 nitrogen and oxygen atoms in total. The van der Waals surface area contributed by atoms with Gasteiger partial charge in [0.15, 0.2) is 0 Å².